The van der Waals surface area contributed by atoms with E-state index in [-0.39, 0.29) is 0 Å². The molecule has 1 saturated heterocycles. The highest BCUT2D eigenvalue weighted by Gasteiger charge is 2.26. The van der Waals surface area contributed by atoms with E-state index < -0.39 is 5.60 Å². The van der Waals surface area contributed by atoms with E-state index in [2.05, 4.69) is 14.5 Å². The summed E-state index contributed by atoms with van der Waals surface area (Å²) >= 11 is 0. The first-order valence-corrected chi connectivity index (χ1v) is 6.06. The Morgan fingerprint density at radius 1 is 1.31 bits per heavy atom. The SMILES string of the molecule is CC1(O)CCN(CCCn2ccnc2)CC1. The number of rotatable bonds is 4. The monoisotopic (exact) mass is 223 g/mol. The zero-order chi connectivity index (χ0) is 11.4. The van der Waals surface area contributed by atoms with Crippen molar-refractivity contribution in [2.75, 3.05) is 19.6 Å². The predicted molar refractivity (Wildman–Crippen MR) is 63.1 cm³/mol. The van der Waals surface area contributed by atoms with Crippen LogP contribution in [0.3, 0.4) is 0 Å². The van der Waals surface area contributed by atoms with Gasteiger partial charge < -0.3 is 14.6 Å². The first kappa shape index (κ1) is 11.6. The second-order valence-corrected chi connectivity index (χ2v) is 4.99. The van der Waals surface area contributed by atoms with Gasteiger partial charge in [0.1, 0.15) is 0 Å². The topological polar surface area (TPSA) is 41.3 Å². The molecule has 4 heteroatoms. The van der Waals surface area contributed by atoms with Gasteiger partial charge in [0, 0.05) is 32.0 Å². The van der Waals surface area contributed by atoms with Crippen molar-refractivity contribution in [1.29, 1.82) is 0 Å². The van der Waals surface area contributed by atoms with Gasteiger partial charge in [0.05, 0.1) is 11.9 Å². The highest BCUT2D eigenvalue weighted by Crippen LogP contribution is 2.20. The van der Waals surface area contributed by atoms with Crippen molar-refractivity contribution in [3.63, 3.8) is 0 Å². The van der Waals surface area contributed by atoms with Crippen molar-refractivity contribution in [2.24, 2.45) is 0 Å². The number of aryl methyl sites for hydroxylation is 1. The van der Waals surface area contributed by atoms with Crippen LogP contribution < -0.4 is 0 Å². The Morgan fingerprint density at radius 2 is 2.06 bits per heavy atom. The number of hydrogen-bond donors (Lipinski definition) is 1. The Balaban J connectivity index is 1.64. The van der Waals surface area contributed by atoms with Gasteiger partial charge in [0.15, 0.2) is 0 Å². The minimum absolute atomic E-state index is 0.430. The average Bonchev–Trinajstić information content (AvgIpc) is 2.73. The van der Waals surface area contributed by atoms with E-state index in [1.54, 1.807) is 0 Å². The standard InChI is InChI=1S/C12H21N3O/c1-12(16)3-8-14(9-4-12)6-2-7-15-10-5-13-11-15/h5,10-11,16H,2-4,6-9H2,1H3. The summed E-state index contributed by atoms with van der Waals surface area (Å²) in [6.07, 6.45) is 8.63. The van der Waals surface area contributed by atoms with Gasteiger partial charge in [-0.3, -0.25) is 0 Å². The van der Waals surface area contributed by atoms with Gasteiger partial charge >= 0.3 is 0 Å². The molecule has 0 atom stereocenters. The Morgan fingerprint density at radius 3 is 2.69 bits per heavy atom. The molecule has 4 nitrogen and oxygen atoms in total. The summed E-state index contributed by atoms with van der Waals surface area (Å²) in [5.41, 5.74) is -0.430. The van der Waals surface area contributed by atoms with E-state index in [1.165, 1.54) is 0 Å². The van der Waals surface area contributed by atoms with Crippen LogP contribution in [0.4, 0.5) is 0 Å². The normalized spacial score (nSPS) is 21.1. The van der Waals surface area contributed by atoms with E-state index in [4.69, 9.17) is 0 Å². The molecule has 2 rings (SSSR count). The molecular formula is C12H21N3O. The van der Waals surface area contributed by atoms with Gasteiger partial charge in [0.25, 0.3) is 0 Å². The molecule has 0 aliphatic carbocycles. The minimum Gasteiger partial charge on any atom is -0.390 e. The summed E-state index contributed by atoms with van der Waals surface area (Å²) < 4.78 is 2.11. The average molecular weight is 223 g/mol. The third-order valence-corrected chi connectivity index (χ3v) is 3.38. The molecule has 2 heterocycles. The van der Waals surface area contributed by atoms with Crippen LogP contribution in [-0.4, -0.2) is 44.8 Å². The third kappa shape index (κ3) is 3.32. The van der Waals surface area contributed by atoms with Gasteiger partial charge in [-0.25, -0.2) is 4.98 Å². The summed E-state index contributed by atoms with van der Waals surface area (Å²) in [7, 11) is 0. The summed E-state index contributed by atoms with van der Waals surface area (Å²) in [5.74, 6) is 0. The summed E-state index contributed by atoms with van der Waals surface area (Å²) in [6, 6.07) is 0. The van der Waals surface area contributed by atoms with Crippen LogP contribution in [0.5, 0.6) is 0 Å². The number of piperidine rings is 1. The quantitative estimate of drug-likeness (QED) is 0.831. The minimum atomic E-state index is -0.430. The lowest BCUT2D eigenvalue weighted by molar-refractivity contribution is -0.00563. The van der Waals surface area contributed by atoms with Gasteiger partial charge in [-0.15, -0.1) is 0 Å². The van der Waals surface area contributed by atoms with Crippen molar-refractivity contribution in [3.05, 3.63) is 18.7 Å². The van der Waals surface area contributed by atoms with E-state index in [0.717, 1.165) is 45.4 Å². The van der Waals surface area contributed by atoms with Crippen molar-refractivity contribution in [1.82, 2.24) is 14.5 Å². The molecule has 1 aliphatic heterocycles. The molecular weight excluding hydrogens is 202 g/mol. The molecule has 0 unspecified atom stereocenters. The lowest BCUT2D eigenvalue weighted by atomic mass is 9.94. The Hall–Kier alpha value is -0.870. The predicted octanol–water partition coefficient (Wildman–Crippen LogP) is 1.12. The number of aliphatic hydroxyl groups is 1. The largest absolute Gasteiger partial charge is 0.390 e. The first-order chi connectivity index (χ1) is 7.66. The fourth-order valence-corrected chi connectivity index (χ4v) is 2.15. The van der Waals surface area contributed by atoms with E-state index in [1.807, 2.05) is 25.6 Å². The fraction of sp³-hybridized carbons (Fsp3) is 0.750. The van der Waals surface area contributed by atoms with Crippen LogP contribution >= 0.6 is 0 Å². The molecule has 1 aliphatic rings. The summed E-state index contributed by atoms with van der Waals surface area (Å²) in [5, 5.41) is 9.83. The third-order valence-electron chi connectivity index (χ3n) is 3.38. The zero-order valence-corrected chi connectivity index (χ0v) is 9.97. The number of hydrogen-bond acceptors (Lipinski definition) is 3. The second-order valence-electron chi connectivity index (χ2n) is 4.99. The molecule has 0 bridgehead atoms. The molecule has 1 aromatic rings. The van der Waals surface area contributed by atoms with Crippen molar-refractivity contribution < 1.29 is 5.11 Å². The summed E-state index contributed by atoms with van der Waals surface area (Å²) in [6.45, 7) is 6.14. The van der Waals surface area contributed by atoms with Gasteiger partial charge in [-0.1, -0.05) is 0 Å². The highest BCUT2D eigenvalue weighted by atomic mass is 16.3. The molecule has 0 amide bonds. The fourth-order valence-electron chi connectivity index (χ4n) is 2.15. The number of likely N-dealkylation sites (tertiary alicyclic amines) is 1. The molecule has 1 fully saturated rings. The van der Waals surface area contributed by atoms with Crippen LogP contribution in [-0.2, 0) is 6.54 Å². The molecule has 0 spiro atoms. The van der Waals surface area contributed by atoms with Gasteiger partial charge in [-0.2, -0.15) is 0 Å². The highest BCUT2D eigenvalue weighted by molar-refractivity contribution is 4.81. The second kappa shape index (κ2) is 4.97. The maximum atomic E-state index is 9.83. The molecule has 0 aromatic carbocycles. The lowest BCUT2D eigenvalue weighted by Gasteiger charge is -2.35. The molecule has 0 saturated carbocycles. The van der Waals surface area contributed by atoms with E-state index >= 15 is 0 Å². The number of imidazole rings is 1. The van der Waals surface area contributed by atoms with Crippen LogP contribution in [0.2, 0.25) is 0 Å². The zero-order valence-electron chi connectivity index (χ0n) is 9.97. The van der Waals surface area contributed by atoms with Crippen LogP contribution in [0, 0.1) is 0 Å². The van der Waals surface area contributed by atoms with Gasteiger partial charge in [-0.05, 0) is 32.7 Å². The number of aromatic nitrogens is 2. The smallest absolute Gasteiger partial charge is 0.0945 e. The molecule has 1 aromatic heterocycles. The molecule has 90 valence electrons. The Bertz CT molecular complexity index is 298. The molecule has 1 N–H and O–H groups in total. The first-order valence-electron chi connectivity index (χ1n) is 6.06. The lowest BCUT2D eigenvalue weighted by Crippen LogP contribution is -2.42. The van der Waals surface area contributed by atoms with Crippen LogP contribution in [0.1, 0.15) is 26.2 Å². The Labute approximate surface area is 96.9 Å². The molecule has 0 radical (unpaired) electrons. The van der Waals surface area contributed by atoms with Crippen molar-refractivity contribution in [2.45, 2.75) is 38.3 Å². The van der Waals surface area contributed by atoms with E-state index in [9.17, 15) is 5.11 Å². The number of nitrogens with zero attached hydrogens (tertiary/aromatic N) is 3. The Kier molecular flexibility index (Phi) is 3.61. The van der Waals surface area contributed by atoms with Crippen molar-refractivity contribution >= 4 is 0 Å². The molecule has 16 heavy (non-hydrogen) atoms. The van der Waals surface area contributed by atoms with Crippen LogP contribution in [0.15, 0.2) is 18.7 Å². The maximum Gasteiger partial charge on any atom is 0.0945 e. The van der Waals surface area contributed by atoms with Crippen molar-refractivity contribution in [3.8, 4) is 0 Å². The van der Waals surface area contributed by atoms with E-state index in [0.29, 0.717) is 0 Å². The summed E-state index contributed by atoms with van der Waals surface area (Å²) in [4.78, 5) is 6.46. The van der Waals surface area contributed by atoms with Gasteiger partial charge in [0.2, 0.25) is 0 Å². The maximum absolute atomic E-state index is 9.83. The van der Waals surface area contributed by atoms with Crippen LogP contribution in [0.25, 0.3) is 0 Å².